The van der Waals surface area contributed by atoms with E-state index in [4.69, 9.17) is 14.6 Å². The van der Waals surface area contributed by atoms with Crippen LogP contribution in [0, 0.1) is 5.92 Å². The van der Waals surface area contributed by atoms with Gasteiger partial charge in [-0.2, -0.15) is 5.10 Å². The number of ketones is 1. The number of ether oxygens (including phenoxy) is 3. The highest BCUT2D eigenvalue weighted by Gasteiger charge is 2.28. The van der Waals surface area contributed by atoms with Crippen LogP contribution in [0.4, 0.5) is 0 Å². The van der Waals surface area contributed by atoms with E-state index in [0.29, 0.717) is 17.9 Å². The van der Waals surface area contributed by atoms with Crippen LogP contribution in [-0.2, 0) is 14.3 Å². The monoisotopic (exact) mass is 513 g/mol. The molecule has 9 heteroatoms. The molecule has 1 aromatic carbocycles. The van der Waals surface area contributed by atoms with Crippen molar-refractivity contribution in [3.05, 3.63) is 30.0 Å². The van der Waals surface area contributed by atoms with Gasteiger partial charge < -0.3 is 19.5 Å². The molecular formula is C28H39N3O6. The number of methoxy groups -OCH3 is 3. The highest BCUT2D eigenvalue weighted by Crippen LogP contribution is 2.41. The molecular weight excluding hydrogens is 474 g/mol. The minimum Gasteiger partial charge on any atom is -0.496 e. The first-order valence-corrected chi connectivity index (χ1v) is 13.0. The third kappa shape index (κ3) is 7.11. The Bertz CT molecular complexity index is 1070. The van der Waals surface area contributed by atoms with Gasteiger partial charge in [0.05, 0.1) is 51.1 Å². The zero-order valence-electron chi connectivity index (χ0n) is 22.5. The summed E-state index contributed by atoms with van der Waals surface area (Å²) in [5.41, 5.74) is 1.70. The molecule has 0 spiro atoms. The van der Waals surface area contributed by atoms with Gasteiger partial charge in [0, 0.05) is 6.42 Å². The van der Waals surface area contributed by atoms with Crippen molar-refractivity contribution >= 4 is 17.7 Å². The molecule has 0 saturated heterocycles. The van der Waals surface area contributed by atoms with Crippen LogP contribution < -0.4 is 14.8 Å². The maximum Gasteiger partial charge on any atom is 0.305 e. The Morgan fingerprint density at radius 1 is 1.03 bits per heavy atom. The van der Waals surface area contributed by atoms with Gasteiger partial charge in [0.25, 0.3) is 5.91 Å². The molecule has 1 N–H and O–H groups in total. The van der Waals surface area contributed by atoms with Crippen LogP contribution in [0.15, 0.2) is 24.3 Å². The van der Waals surface area contributed by atoms with Gasteiger partial charge in [0.1, 0.15) is 11.5 Å². The summed E-state index contributed by atoms with van der Waals surface area (Å²) in [6, 6.07) is 6.74. The average molecular weight is 514 g/mol. The van der Waals surface area contributed by atoms with E-state index in [-0.39, 0.29) is 36.3 Å². The SMILES string of the molecule is COC(=O)CCC(=O)[C@H](CC(C)C)NC(=O)c1cc(-c2c(OC)cccc2OC)n(C2CCCCC2)n1. The van der Waals surface area contributed by atoms with E-state index in [9.17, 15) is 14.4 Å². The topological polar surface area (TPSA) is 109 Å². The first-order chi connectivity index (χ1) is 17.8. The van der Waals surface area contributed by atoms with E-state index in [1.165, 1.54) is 13.5 Å². The molecule has 202 valence electrons. The molecule has 0 bridgehead atoms. The van der Waals surface area contributed by atoms with Gasteiger partial charge in [-0.1, -0.05) is 39.2 Å². The van der Waals surface area contributed by atoms with Crippen LogP contribution in [0.25, 0.3) is 11.3 Å². The van der Waals surface area contributed by atoms with E-state index < -0.39 is 17.9 Å². The number of benzene rings is 1. The fourth-order valence-electron chi connectivity index (χ4n) is 4.88. The summed E-state index contributed by atoms with van der Waals surface area (Å²) in [6.45, 7) is 3.97. The smallest absolute Gasteiger partial charge is 0.305 e. The second-order valence-electron chi connectivity index (χ2n) is 9.89. The summed E-state index contributed by atoms with van der Waals surface area (Å²) >= 11 is 0. The summed E-state index contributed by atoms with van der Waals surface area (Å²) in [5, 5.41) is 7.63. The summed E-state index contributed by atoms with van der Waals surface area (Å²) < 4.78 is 17.9. The first-order valence-electron chi connectivity index (χ1n) is 13.0. The molecule has 1 aliphatic carbocycles. The van der Waals surface area contributed by atoms with Crippen molar-refractivity contribution in [1.82, 2.24) is 15.1 Å². The molecule has 1 fully saturated rings. The van der Waals surface area contributed by atoms with Crippen LogP contribution in [-0.4, -0.2) is 54.8 Å². The quantitative estimate of drug-likeness (QED) is 0.408. The Morgan fingerprint density at radius 3 is 2.24 bits per heavy atom. The summed E-state index contributed by atoms with van der Waals surface area (Å²) in [4.78, 5) is 37.9. The molecule has 3 rings (SSSR count). The molecule has 37 heavy (non-hydrogen) atoms. The minimum absolute atomic E-state index is 0.00448. The Morgan fingerprint density at radius 2 is 1.68 bits per heavy atom. The third-order valence-electron chi connectivity index (χ3n) is 6.78. The largest absolute Gasteiger partial charge is 0.496 e. The zero-order chi connectivity index (χ0) is 26.9. The molecule has 1 aromatic heterocycles. The predicted octanol–water partition coefficient (Wildman–Crippen LogP) is 4.74. The number of hydrogen-bond donors (Lipinski definition) is 1. The Kier molecular flexibility index (Phi) is 10.1. The molecule has 0 aliphatic heterocycles. The number of nitrogens with zero attached hydrogens (tertiary/aromatic N) is 2. The molecule has 9 nitrogen and oxygen atoms in total. The van der Waals surface area contributed by atoms with Crippen molar-refractivity contribution in [2.45, 2.75) is 77.3 Å². The minimum atomic E-state index is -0.721. The molecule has 1 heterocycles. The Labute approximate surface area is 218 Å². The van der Waals surface area contributed by atoms with Crippen molar-refractivity contribution in [2.75, 3.05) is 21.3 Å². The fraction of sp³-hybridized carbons (Fsp3) is 0.571. The standard InChI is InChI=1S/C28H39N3O6/c1-18(2)16-20(23(32)14-15-26(33)37-5)29-28(34)21-17-22(31(30-21)19-10-7-6-8-11-19)27-24(35-3)12-9-13-25(27)36-4/h9,12-13,17-20H,6-8,10-11,14-16H2,1-5H3,(H,29,34)/t20-/m0/s1. The molecule has 1 aliphatic rings. The number of aromatic nitrogens is 2. The van der Waals surface area contributed by atoms with E-state index in [1.807, 2.05) is 36.7 Å². The zero-order valence-corrected chi connectivity index (χ0v) is 22.5. The van der Waals surface area contributed by atoms with E-state index in [0.717, 1.165) is 36.9 Å². The van der Waals surface area contributed by atoms with E-state index in [1.54, 1.807) is 20.3 Å². The van der Waals surface area contributed by atoms with E-state index >= 15 is 0 Å². The average Bonchev–Trinajstić information content (AvgIpc) is 3.36. The van der Waals surface area contributed by atoms with Gasteiger partial charge in [0.15, 0.2) is 11.5 Å². The van der Waals surface area contributed by atoms with Crippen molar-refractivity contribution in [2.24, 2.45) is 5.92 Å². The molecule has 0 radical (unpaired) electrons. The second-order valence-corrected chi connectivity index (χ2v) is 9.89. The van der Waals surface area contributed by atoms with Crippen molar-refractivity contribution < 1.29 is 28.6 Å². The number of amides is 1. The molecule has 0 unspecified atom stereocenters. The van der Waals surface area contributed by atoms with Crippen LogP contribution in [0.3, 0.4) is 0 Å². The highest BCUT2D eigenvalue weighted by molar-refractivity contribution is 5.98. The van der Waals surface area contributed by atoms with Gasteiger partial charge in [-0.3, -0.25) is 19.1 Å². The van der Waals surface area contributed by atoms with Crippen LogP contribution >= 0.6 is 0 Å². The van der Waals surface area contributed by atoms with Crippen molar-refractivity contribution in [3.63, 3.8) is 0 Å². The normalized spacial score (nSPS) is 14.8. The van der Waals surface area contributed by atoms with Crippen molar-refractivity contribution in [1.29, 1.82) is 0 Å². The van der Waals surface area contributed by atoms with Gasteiger partial charge >= 0.3 is 5.97 Å². The number of carbonyl (C=O) groups is 3. The Hall–Kier alpha value is -3.36. The van der Waals surface area contributed by atoms with Crippen LogP contribution in [0.5, 0.6) is 11.5 Å². The summed E-state index contributed by atoms with van der Waals surface area (Å²) in [6.07, 6.45) is 5.76. The summed E-state index contributed by atoms with van der Waals surface area (Å²) in [5.74, 6) is 0.329. The number of Topliss-reactive ketones (excluding diaryl/α,β-unsaturated/α-hetero) is 1. The maximum atomic E-state index is 13.4. The van der Waals surface area contributed by atoms with Gasteiger partial charge in [-0.25, -0.2) is 0 Å². The van der Waals surface area contributed by atoms with Crippen LogP contribution in [0.2, 0.25) is 0 Å². The lowest BCUT2D eigenvalue weighted by Gasteiger charge is -2.25. The van der Waals surface area contributed by atoms with Crippen molar-refractivity contribution in [3.8, 4) is 22.8 Å². The van der Waals surface area contributed by atoms with Gasteiger partial charge in [0.2, 0.25) is 0 Å². The summed E-state index contributed by atoms with van der Waals surface area (Å²) in [7, 11) is 4.49. The lowest BCUT2D eigenvalue weighted by molar-refractivity contribution is -0.142. The number of nitrogens with one attached hydrogen (secondary N) is 1. The third-order valence-corrected chi connectivity index (χ3v) is 6.78. The molecule has 1 atom stereocenters. The number of esters is 1. The maximum absolute atomic E-state index is 13.4. The predicted molar refractivity (Wildman–Crippen MR) is 140 cm³/mol. The fourth-order valence-corrected chi connectivity index (χ4v) is 4.88. The Balaban J connectivity index is 1.96. The van der Waals surface area contributed by atoms with Crippen LogP contribution in [0.1, 0.15) is 81.7 Å². The van der Waals surface area contributed by atoms with Gasteiger partial charge in [-0.05, 0) is 43.4 Å². The lowest BCUT2D eigenvalue weighted by atomic mass is 9.95. The number of rotatable bonds is 12. The number of hydrogen-bond acceptors (Lipinski definition) is 7. The molecule has 2 aromatic rings. The molecule has 1 amide bonds. The first kappa shape index (κ1) is 28.2. The highest BCUT2D eigenvalue weighted by atomic mass is 16.5. The van der Waals surface area contributed by atoms with Gasteiger partial charge in [-0.15, -0.1) is 0 Å². The molecule has 1 saturated carbocycles. The second kappa shape index (κ2) is 13.3. The lowest BCUT2D eigenvalue weighted by Crippen LogP contribution is -2.42. The number of carbonyl (C=O) groups excluding carboxylic acids is 3. The van der Waals surface area contributed by atoms with E-state index in [2.05, 4.69) is 10.1 Å².